The molecule has 1 aliphatic heterocycles. The summed E-state index contributed by atoms with van der Waals surface area (Å²) in [7, 11) is 0. The van der Waals surface area contributed by atoms with Crippen molar-refractivity contribution in [2.24, 2.45) is 0 Å². The maximum atomic E-state index is 9.46. The van der Waals surface area contributed by atoms with Crippen molar-refractivity contribution in [1.82, 2.24) is 14.9 Å². The Labute approximate surface area is 108 Å². The summed E-state index contributed by atoms with van der Waals surface area (Å²) >= 11 is 7.68. The molecule has 1 unspecified atom stereocenters. The van der Waals surface area contributed by atoms with E-state index in [0.29, 0.717) is 18.2 Å². The minimum Gasteiger partial charge on any atom is -0.392 e. The molecule has 1 aliphatic rings. The fraction of sp³-hybridized carbons (Fsp3) is 0.455. The number of fused-ring (bicyclic) bond motifs is 1. The number of hydrogen-bond acceptors (Lipinski definition) is 5. The predicted molar refractivity (Wildman–Crippen MR) is 68.3 cm³/mol. The Hall–Kier alpha value is -0.750. The van der Waals surface area contributed by atoms with E-state index in [2.05, 4.69) is 14.9 Å². The zero-order valence-corrected chi connectivity index (χ0v) is 10.7. The van der Waals surface area contributed by atoms with Crippen LogP contribution in [0.25, 0.3) is 10.2 Å². The van der Waals surface area contributed by atoms with Crippen LogP contribution in [0.4, 0.5) is 0 Å². The van der Waals surface area contributed by atoms with Crippen LogP contribution >= 0.6 is 22.9 Å². The summed E-state index contributed by atoms with van der Waals surface area (Å²) in [4.78, 5) is 11.9. The number of aliphatic hydroxyl groups is 1. The smallest absolute Gasteiger partial charge is 0.145 e. The fourth-order valence-electron chi connectivity index (χ4n) is 2.09. The van der Waals surface area contributed by atoms with Crippen molar-refractivity contribution < 1.29 is 5.11 Å². The third kappa shape index (κ3) is 2.28. The van der Waals surface area contributed by atoms with Crippen molar-refractivity contribution in [2.75, 3.05) is 13.1 Å². The summed E-state index contributed by atoms with van der Waals surface area (Å²) in [5.41, 5.74) is 0. The first-order chi connectivity index (χ1) is 8.22. The molecule has 3 heterocycles. The van der Waals surface area contributed by atoms with Gasteiger partial charge in [-0.05, 0) is 17.9 Å². The number of halogens is 1. The number of hydrogen-bond donors (Lipinski definition) is 1. The molecule has 0 aliphatic carbocycles. The highest BCUT2D eigenvalue weighted by Crippen LogP contribution is 2.25. The average molecular weight is 270 g/mol. The predicted octanol–water partition coefficient (Wildman–Crippen LogP) is 1.91. The Kier molecular flexibility index (Phi) is 3.00. The van der Waals surface area contributed by atoms with Gasteiger partial charge in [0.15, 0.2) is 0 Å². The average Bonchev–Trinajstić information content (AvgIpc) is 2.87. The van der Waals surface area contributed by atoms with Gasteiger partial charge in [-0.2, -0.15) is 0 Å². The Balaban J connectivity index is 1.85. The zero-order chi connectivity index (χ0) is 11.8. The van der Waals surface area contributed by atoms with Crippen LogP contribution in [0.5, 0.6) is 0 Å². The van der Waals surface area contributed by atoms with Gasteiger partial charge in [-0.3, -0.25) is 4.90 Å². The Bertz CT molecular complexity index is 544. The third-order valence-electron chi connectivity index (χ3n) is 2.94. The van der Waals surface area contributed by atoms with Crippen molar-refractivity contribution in [3.63, 3.8) is 0 Å². The maximum Gasteiger partial charge on any atom is 0.145 e. The number of nitrogens with zero attached hydrogens (tertiary/aromatic N) is 3. The minimum atomic E-state index is -0.212. The van der Waals surface area contributed by atoms with Gasteiger partial charge in [0.05, 0.1) is 12.6 Å². The molecule has 17 heavy (non-hydrogen) atoms. The van der Waals surface area contributed by atoms with Crippen LogP contribution in [0.3, 0.4) is 0 Å². The topological polar surface area (TPSA) is 49.2 Å². The number of aromatic nitrogens is 2. The molecule has 0 saturated carbocycles. The normalized spacial score (nSPS) is 21.4. The molecule has 0 bridgehead atoms. The van der Waals surface area contributed by atoms with Crippen LogP contribution in [0, 0.1) is 0 Å². The summed E-state index contributed by atoms with van der Waals surface area (Å²) in [5.74, 6) is 0.735. The van der Waals surface area contributed by atoms with Gasteiger partial charge in [0.25, 0.3) is 0 Å². The molecule has 1 N–H and O–H groups in total. The van der Waals surface area contributed by atoms with Gasteiger partial charge in [-0.25, -0.2) is 9.97 Å². The van der Waals surface area contributed by atoms with Crippen LogP contribution in [0.2, 0.25) is 5.15 Å². The minimum absolute atomic E-state index is 0.212. The second kappa shape index (κ2) is 4.49. The fourth-order valence-corrected chi connectivity index (χ4v) is 3.18. The molecule has 2 aromatic heterocycles. The van der Waals surface area contributed by atoms with Gasteiger partial charge in [0.2, 0.25) is 0 Å². The molecule has 3 rings (SSSR count). The summed E-state index contributed by atoms with van der Waals surface area (Å²) in [6, 6.07) is 1.94. The SMILES string of the molecule is OC1CCN(Cc2nc(Cl)c3ccsc3n2)C1. The summed E-state index contributed by atoms with van der Waals surface area (Å²) in [6.45, 7) is 2.25. The molecule has 0 spiro atoms. The first-order valence-corrected chi connectivity index (χ1v) is 6.78. The van der Waals surface area contributed by atoms with E-state index in [0.717, 1.165) is 29.0 Å². The summed E-state index contributed by atoms with van der Waals surface area (Å²) in [5, 5.41) is 12.9. The molecule has 0 radical (unpaired) electrons. The van der Waals surface area contributed by atoms with E-state index in [9.17, 15) is 5.11 Å². The highest BCUT2D eigenvalue weighted by atomic mass is 35.5. The lowest BCUT2D eigenvalue weighted by atomic mass is 10.3. The molecule has 4 nitrogen and oxygen atoms in total. The van der Waals surface area contributed by atoms with Gasteiger partial charge in [-0.1, -0.05) is 11.6 Å². The lowest BCUT2D eigenvalue weighted by Crippen LogP contribution is -2.22. The van der Waals surface area contributed by atoms with Gasteiger partial charge in [0.1, 0.15) is 15.8 Å². The number of rotatable bonds is 2. The zero-order valence-electron chi connectivity index (χ0n) is 9.14. The Morgan fingerprint density at radius 3 is 3.18 bits per heavy atom. The highest BCUT2D eigenvalue weighted by Gasteiger charge is 2.21. The van der Waals surface area contributed by atoms with Crippen molar-refractivity contribution in [3.05, 3.63) is 22.4 Å². The molecule has 1 fully saturated rings. The first kappa shape index (κ1) is 11.3. The molecule has 0 aromatic carbocycles. The highest BCUT2D eigenvalue weighted by molar-refractivity contribution is 7.16. The van der Waals surface area contributed by atoms with Crippen molar-refractivity contribution in [2.45, 2.75) is 19.1 Å². The monoisotopic (exact) mass is 269 g/mol. The Morgan fingerprint density at radius 2 is 2.41 bits per heavy atom. The van der Waals surface area contributed by atoms with Crippen LogP contribution in [0.15, 0.2) is 11.4 Å². The summed E-state index contributed by atoms with van der Waals surface area (Å²) in [6.07, 6.45) is 0.616. The van der Waals surface area contributed by atoms with E-state index in [4.69, 9.17) is 11.6 Å². The van der Waals surface area contributed by atoms with Crippen molar-refractivity contribution in [3.8, 4) is 0 Å². The standard InChI is InChI=1S/C11H12ClN3OS/c12-10-8-2-4-17-11(8)14-9(13-10)6-15-3-1-7(16)5-15/h2,4,7,16H,1,3,5-6H2. The van der Waals surface area contributed by atoms with Crippen molar-refractivity contribution in [1.29, 1.82) is 0 Å². The summed E-state index contributed by atoms with van der Waals surface area (Å²) < 4.78 is 0. The number of aliphatic hydroxyl groups excluding tert-OH is 1. The first-order valence-electron chi connectivity index (χ1n) is 5.52. The lowest BCUT2D eigenvalue weighted by molar-refractivity contribution is 0.174. The van der Waals surface area contributed by atoms with E-state index in [1.54, 1.807) is 11.3 Å². The molecule has 0 amide bonds. The van der Waals surface area contributed by atoms with Crippen LogP contribution in [0.1, 0.15) is 12.2 Å². The second-order valence-corrected chi connectivity index (χ2v) is 5.50. The maximum absolute atomic E-state index is 9.46. The molecule has 1 saturated heterocycles. The van der Waals surface area contributed by atoms with Crippen LogP contribution < -0.4 is 0 Å². The van der Waals surface area contributed by atoms with E-state index >= 15 is 0 Å². The number of β-amino-alcohol motifs (C(OH)–C–C–N with tert-alkyl or cyclic N) is 1. The van der Waals surface area contributed by atoms with Crippen LogP contribution in [-0.2, 0) is 6.54 Å². The molecule has 90 valence electrons. The molecule has 6 heteroatoms. The second-order valence-electron chi connectivity index (χ2n) is 4.25. The van der Waals surface area contributed by atoms with E-state index in [1.165, 1.54) is 0 Å². The van der Waals surface area contributed by atoms with Gasteiger partial charge < -0.3 is 5.11 Å². The largest absolute Gasteiger partial charge is 0.392 e. The quantitative estimate of drug-likeness (QED) is 0.846. The van der Waals surface area contributed by atoms with E-state index < -0.39 is 0 Å². The molecule has 1 atom stereocenters. The lowest BCUT2D eigenvalue weighted by Gasteiger charge is -2.13. The third-order valence-corrected chi connectivity index (χ3v) is 4.03. The number of thiophene rings is 1. The molecular weight excluding hydrogens is 258 g/mol. The van der Waals surface area contributed by atoms with E-state index in [-0.39, 0.29) is 6.10 Å². The number of likely N-dealkylation sites (tertiary alicyclic amines) is 1. The van der Waals surface area contributed by atoms with Gasteiger partial charge in [0, 0.05) is 18.5 Å². The van der Waals surface area contributed by atoms with Gasteiger partial charge in [-0.15, -0.1) is 11.3 Å². The van der Waals surface area contributed by atoms with Crippen LogP contribution in [-0.4, -0.2) is 39.2 Å². The molecular formula is C11H12ClN3OS. The molecule has 2 aromatic rings. The Morgan fingerprint density at radius 1 is 1.53 bits per heavy atom. The van der Waals surface area contributed by atoms with E-state index in [1.807, 2.05) is 11.4 Å². The van der Waals surface area contributed by atoms with Gasteiger partial charge >= 0.3 is 0 Å². The van der Waals surface area contributed by atoms with Crippen molar-refractivity contribution >= 4 is 33.2 Å².